The lowest BCUT2D eigenvalue weighted by atomic mass is 9.91. The molecule has 0 saturated heterocycles. The zero-order chi connectivity index (χ0) is 32.0. The zero-order valence-corrected chi connectivity index (χ0v) is 25.8. The van der Waals surface area contributed by atoms with Crippen molar-refractivity contribution in [3.8, 4) is 84.7 Å². The van der Waals surface area contributed by atoms with E-state index >= 15 is 0 Å². The number of nitriles is 1. The molecule has 0 spiro atoms. The van der Waals surface area contributed by atoms with Gasteiger partial charge in [-0.05, 0) is 85.6 Å². The summed E-state index contributed by atoms with van der Waals surface area (Å²) in [6.07, 6.45) is 0. The van der Waals surface area contributed by atoms with Gasteiger partial charge in [0, 0.05) is 16.7 Å². The van der Waals surface area contributed by atoms with E-state index in [9.17, 15) is 5.26 Å². The van der Waals surface area contributed by atoms with Crippen LogP contribution in [0.15, 0.2) is 158 Å². The Morgan fingerprint density at radius 3 is 1.48 bits per heavy atom. The minimum absolute atomic E-state index is 0.595. The summed E-state index contributed by atoms with van der Waals surface area (Å²) < 4.78 is 0. The normalized spacial score (nSPS) is 11.3. The Labute approximate surface area is 278 Å². The number of nitrogens with zero attached hydrogens (tertiary/aromatic N) is 4. The summed E-state index contributed by atoms with van der Waals surface area (Å²) in [6, 6.07) is 56.4. The van der Waals surface area contributed by atoms with Crippen molar-refractivity contribution < 1.29 is 0 Å². The van der Waals surface area contributed by atoms with Gasteiger partial charge in [-0.1, -0.05) is 127 Å². The van der Waals surface area contributed by atoms with Gasteiger partial charge < -0.3 is 0 Å². The van der Waals surface area contributed by atoms with Gasteiger partial charge in [0.15, 0.2) is 17.5 Å². The van der Waals surface area contributed by atoms with Crippen LogP contribution in [0.3, 0.4) is 0 Å². The van der Waals surface area contributed by atoms with E-state index in [2.05, 4.69) is 78.9 Å². The molecule has 0 bridgehead atoms. The minimum atomic E-state index is 0.595. The lowest BCUT2D eigenvalue weighted by Crippen LogP contribution is -2.00. The number of aromatic nitrogens is 3. The van der Waals surface area contributed by atoms with Crippen molar-refractivity contribution >= 4 is 10.8 Å². The predicted molar refractivity (Wildman–Crippen MR) is 194 cm³/mol. The molecule has 0 aliphatic heterocycles. The fourth-order valence-corrected chi connectivity index (χ4v) is 6.81. The van der Waals surface area contributed by atoms with E-state index in [-0.39, 0.29) is 0 Å². The molecule has 7 aromatic carbocycles. The maximum absolute atomic E-state index is 9.47. The van der Waals surface area contributed by atoms with Crippen molar-refractivity contribution in [2.45, 2.75) is 0 Å². The summed E-state index contributed by atoms with van der Waals surface area (Å²) in [4.78, 5) is 15.0. The first-order valence-corrected chi connectivity index (χ1v) is 15.9. The number of rotatable bonds is 5. The standard InChI is InChI=1S/C44H26N4/c45-27-28-18-20-29(21-19-28)32-24-33(35-22-23-40-37-15-8-7-14-36(37)39-17-9-16-38(35)41(39)40)26-34(25-32)44-47-42(30-10-3-1-4-11-30)46-43(48-44)31-12-5-2-6-13-31/h1-26H. The van der Waals surface area contributed by atoms with Crippen molar-refractivity contribution in [1.82, 2.24) is 15.0 Å². The highest BCUT2D eigenvalue weighted by molar-refractivity contribution is 6.18. The van der Waals surface area contributed by atoms with Crippen LogP contribution in [0.5, 0.6) is 0 Å². The molecule has 0 fully saturated rings. The molecule has 48 heavy (non-hydrogen) atoms. The first kappa shape index (κ1) is 27.6. The molecule has 0 amide bonds. The minimum Gasteiger partial charge on any atom is -0.208 e. The van der Waals surface area contributed by atoms with E-state index in [0.717, 1.165) is 38.9 Å². The fourth-order valence-electron chi connectivity index (χ4n) is 6.81. The number of fused-ring (bicyclic) bond motifs is 3. The Morgan fingerprint density at radius 1 is 0.354 bits per heavy atom. The molecule has 1 aliphatic rings. The van der Waals surface area contributed by atoms with Crippen molar-refractivity contribution in [3.63, 3.8) is 0 Å². The topological polar surface area (TPSA) is 62.5 Å². The Kier molecular flexibility index (Phi) is 6.48. The van der Waals surface area contributed by atoms with E-state index < -0.39 is 0 Å². The van der Waals surface area contributed by atoms with Crippen LogP contribution in [0.4, 0.5) is 0 Å². The highest BCUT2D eigenvalue weighted by atomic mass is 15.0. The molecule has 0 saturated carbocycles. The van der Waals surface area contributed by atoms with Gasteiger partial charge in [0.25, 0.3) is 0 Å². The van der Waals surface area contributed by atoms with Gasteiger partial charge in [-0.2, -0.15) is 5.26 Å². The molecule has 4 nitrogen and oxygen atoms in total. The quantitative estimate of drug-likeness (QED) is 0.194. The van der Waals surface area contributed by atoms with Crippen molar-refractivity contribution in [2.24, 2.45) is 0 Å². The summed E-state index contributed by atoms with van der Waals surface area (Å²) in [5, 5.41) is 11.9. The van der Waals surface area contributed by atoms with Crippen LogP contribution in [0.2, 0.25) is 0 Å². The van der Waals surface area contributed by atoms with Crippen molar-refractivity contribution in [2.75, 3.05) is 0 Å². The van der Waals surface area contributed by atoms with Crippen LogP contribution in [0.1, 0.15) is 5.56 Å². The first-order chi connectivity index (χ1) is 23.7. The third-order valence-electron chi connectivity index (χ3n) is 9.10. The van der Waals surface area contributed by atoms with Gasteiger partial charge in [0.1, 0.15) is 0 Å². The number of hydrogen-bond donors (Lipinski definition) is 0. The maximum Gasteiger partial charge on any atom is 0.164 e. The second kappa shape index (κ2) is 11.3. The average molecular weight is 611 g/mol. The Morgan fingerprint density at radius 2 is 0.854 bits per heavy atom. The molecular formula is C44H26N4. The third-order valence-corrected chi connectivity index (χ3v) is 9.10. The van der Waals surface area contributed by atoms with E-state index in [1.54, 1.807) is 0 Å². The predicted octanol–water partition coefficient (Wildman–Crippen LogP) is 10.9. The van der Waals surface area contributed by atoms with Crippen LogP contribution in [0, 0.1) is 11.3 Å². The molecule has 1 aliphatic carbocycles. The first-order valence-electron chi connectivity index (χ1n) is 15.9. The van der Waals surface area contributed by atoms with Crippen LogP contribution in [0.25, 0.3) is 89.4 Å². The largest absolute Gasteiger partial charge is 0.208 e. The molecule has 0 N–H and O–H groups in total. The Bertz CT molecular complexity index is 2460. The van der Waals surface area contributed by atoms with Gasteiger partial charge in [0.05, 0.1) is 11.6 Å². The molecule has 0 atom stereocenters. The molecule has 9 rings (SSSR count). The maximum atomic E-state index is 9.47. The molecule has 8 aromatic rings. The molecule has 222 valence electrons. The fraction of sp³-hybridized carbons (Fsp3) is 0. The lowest BCUT2D eigenvalue weighted by molar-refractivity contribution is 1.07. The monoisotopic (exact) mass is 610 g/mol. The molecule has 0 radical (unpaired) electrons. The zero-order valence-electron chi connectivity index (χ0n) is 25.8. The van der Waals surface area contributed by atoms with Gasteiger partial charge in [-0.3, -0.25) is 0 Å². The van der Waals surface area contributed by atoms with Crippen LogP contribution < -0.4 is 0 Å². The molecule has 0 unspecified atom stereocenters. The molecule has 1 heterocycles. The average Bonchev–Trinajstić information content (AvgIpc) is 3.50. The Balaban J connectivity index is 1.29. The van der Waals surface area contributed by atoms with E-state index in [4.69, 9.17) is 15.0 Å². The van der Waals surface area contributed by atoms with Crippen LogP contribution in [-0.4, -0.2) is 15.0 Å². The molecule has 4 heteroatoms. The van der Waals surface area contributed by atoms with E-state index in [1.165, 1.54) is 33.0 Å². The Hall–Kier alpha value is -6.70. The van der Waals surface area contributed by atoms with Gasteiger partial charge in [0.2, 0.25) is 0 Å². The van der Waals surface area contributed by atoms with Crippen molar-refractivity contribution in [1.29, 1.82) is 5.26 Å². The van der Waals surface area contributed by atoms with Crippen molar-refractivity contribution in [3.05, 3.63) is 163 Å². The van der Waals surface area contributed by atoms with E-state index in [0.29, 0.717) is 23.0 Å². The van der Waals surface area contributed by atoms with Crippen LogP contribution in [-0.2, 0) is 0 Å². The van der Waals surface area contributed by atoms with Crippen LogP contribution >= 0.6 is 0 Å². The summed E-state index contributed by atoms with van der Waals surface area (Å²) in [5.74, 6) is 1.83. The third kappa shape index (κ3) is 4.65. The summed E-state index contributed by atoms with van der Waals surface area (Å²) in [5.41, 5.74) is 12.7. The van der Waals surface area contributed by atoms with Gasteiger partial charge >= 0.3 is 0 Å². The van der Waals surface area contributed by atoms with Gasteiger partial charge in [-0.25, -0.2) is 15.0 Å². The number of hydrogen-bond acceptors (Lipinski definition) is 4. The second-order valence-corrected chi connectivity index (χ2v) is 12.0. The smallest absolute Gasteiger partial charge is 0.164 e. The highest BCUT2D eigenvalue weighted by Gasteiger charge is 2.23. The SMILES string of the molecule is N#Cc1ccc(-c2cc(-c3nc(-c4ccccc4)nc(-c4ccccc4)n3)cc(-c3ccc4c5c(cccc35)-c3ccccc3-4)c2)cc1. The second-order valence-electron chi connectivity index (χ2n) is 12.0. The summed E-state index contributed by atoms with van der Waals surface area (Å²) in [7, 11) is 0. The summed E-state index contributed by atoms with van der Waals surface area (Å²) >= 11 is 0. The lowest BCUT2D eigenvalue weighted by Gasteiger charge is -2.14. The summed E-state index contributed by atoms with van der Waals surface area (Å²) in [6.45, 7) is 0. The highest BCUT2D eigenvalue weighted by Crippen LogP contribution is 2.49. The molecule has 1 aromatic heterocycles. The number of benzene rings is 7. The van der Waals surface area contributed by atoms with Gasteiger partial charge in [-0.15, -0.1) is 0 Å². The van der Waals surface area contributed by atoms with E-state index in [1.807, 2.05) is 84.9 Å². The molecular weight excluding hydrogens is 585 g/mol.